The van der Waals surface area contributed by atoms with Crippen LogP contribution >= 0.6 is 11.6 Å². The molecule has 1 saturated heterocycles. The third kappa shape index (κ3) is 3.60. The lowest BCUT2D eigenvalue weighted by Crippen LogP contribution is -2.30. The number of aromatic nitrogens is 5. The number of benzene rings is 1. The van der Waals surface area contributed by atoms with E-state index in [4.69, 9.17) is 11.6 Å². The lowest BCUT2D eigenvalue weighted by molar-refractivity contribution is 0.344. The number of hydrogen-bond acceptors (Lipinski definition) is 8. The van der Waals surface area contributed by atoms with Crippen molar-refractivity contribution < 1.29 is 8.42 Å². The van der Waals surface area contributed by atoms with E-state index in [1.807, 2.05) is 4.68 Å². The summed E-state index contributed by atoms with van der Waals surface area (Å²) in [4.78, 5) is 8.74. The van der Waals surface area contributed by atoms with E-state index >= 15 is 0 Å². The van der Waals surface area contributed by atoms with Crippen molar-refractivity contribution in [2.45, 2.75) is 23.8 Å². The smallest absolute Gasteiger partial charge is 0.184 e. The SMILES string of the molecule is CS(=O)(=O)c1ccc(Nc2ncnc3c2nnn3C2CCNCC2)c(Cl)c1. The van der Waals surface area contributed by atoms with Crippen molar-refractivity contribution in [2.75, 3.05) is 24.7 Å². The van der Waals surface area contributed by atoms with Crippen molar-refractivity contribution in [3.8, 4) is 0 Å². The van der Waals surface area contributed by atoms with Crippen molar-refractivity contribution in [3.05, 3.63) is 29.5 Å². The minimum absolute atomic E-state index is 0.155. The molecule has 0 radical (unpaired) electrons. The second kappa shape index (κ2) is 7.02. The first-order valence-corrected chi connectivity index (χ1v) is 10.7. The van der Waals surface area contributed by atoms with Gasteiger partial charge < -0.3 is 10.6 Å². The van der Waals surface area contributed by atoms with Gasteiger partial charge in [-0.25, -0.2) is 23.1 Å². The molecule has 0 amide bonds. The van der Waals surface area contributed by atoms with Crippen molar-refractivity contribution in [1.29, 1.82) is 0 Å². The van der Waals surface area contributed by atoms with Crippen LogP contribution in [-0.4, -0.2) is 52.7 Å². The fourth-order valence-corrected chi connectivity index (χ4v) is 4.05. The zero-order valence-electron chi connectivity index (χ0n) is 14.6. The van der Waals surface area contributed by atoms with E-state index in [2.05, 4.69) is 30.9 Å². The van der Waals surface area contributed by atoms with Gasteiger partial charge in [0.1, 0.15) is 6.33 Å². The molecule has 0 bridgehead atoms. The van der Waals surface area contributed by atoms with Crippen molar-refractivity contribution in [3.63, 3.8) is 0 Å². The number of fused-ring (bicyclic) bond motifs is 1. The van der Waals surface area contributed by atoms with Crippen LogP contribution < -0.4 is 10.6 Å². The Bertz CT molecular complexity index is 1090. The standard InChI is InChI=1S/C16H18ClN7O2S/c1-27(25,26)11-2-3-13(12(17)8-11)21-15-14-16(20-9-19-15)24(23-22-14)10-4-6-18-7-5-10/h2-3,8-10,18H,4-7H2,1H3,(H,19,20,21). The highest BCUT2D eigenvalue weighted by atomic mass is 35.5. The molecule has 11 heteroatoms. The van der Waals surface area contributed by atoms with E-state index in [1.54, 1.807) is 6.07 Å². The summed E-state index contributed by atoms with van der Waals surface area (Å²) < 4.78 is 25.2. The van der Waals surface area contributed by atoms with Gasteiger partial charge in [0, 0.05) is 6.26 Å². The summed E-state index contributed by atoms with van der Waals surface area (Å²) in [5.41, 5.74) is 1.73. The van der Waals surface area contributed by atoms with Crippen LogP contribution in [0.1, 0.15) is 18.9 Å². The predicted molar refractivity (Wildman–Crippen MR) is 102 cm³/mol. The minimum Gasteiger partial charge on any atom is -0.337 e. The fraction of sp³-hybridized carbons (Fsp3) is 0.375. The van der Waals surface area contributed by atoms with E-state index < -0.39 is 9.84 Å². The Morgan fingerprint density at radius 2 is 2.04 bits per heavy atom. The van der Waals surface area contributed by atoms with E-state index in [0.29, 0.717) is 22.7 Å². The Morgan fingerprint density at radius 3 is 2.74 bits per heavy atom. The molecule has 0 atom stereocenters. The molecular weight excluding hydrogens is 390 g/mol. The van der Waals surface area contributed by atoms with Crippen LogP contribution in [0.15, 0.2) is 29.4 Å². The molecule has 1 aliphatic heterocycles. The van der Waals surface area contributed by atoms with E-state index in [1.165, 1.54) is 18.5 Å². The molecule has 142 valence electrons. The highest BCUT2D eigenvalue weighted by Gasteiger charge is 2.21. The first kappa shape index (κ1) is 18.1. The normalized spacial score (nSPS) is 15.9. The first-order valence-electron chi connectivity index (χ1n) is 8.47. The molecule has 4 rings (SSSR count). The molecule has 0 saturated carbocycles. The molecule has 1 aliphatic rings. The van der Waals surface area contributed by atoms with Gasteiger partial charge in [-0.05, 0) is 44.1 Å². The summed E-state index contributed by atoms with van der Waals surface area (Å²) in [6, 6.07) is 4.75. The van der Waals surface area contributed by atoms with Gasteiger partial charge in [-0.15, -0.1) is 5.10 Å². The van der Waals surface area contributed by atoms with Crippen LogP contribution in [0.4, 0.5) is 11.5 Å². The van der Waals surface area contributed by atoms with Crippen LogP contribution in [-0.2, 0) is 9.84 Å². The van der Waals surface area contributed by atoms with E-state index in [0.717, 1.165) is 32.2 Å². The highest BCUT2D eigenvalue weighted by Crippen LogP contribution is 2.30. The number of rotatable bonds is 4. The number of hydrogen-bond donors (Lipinski definition) is 2. The quantitative estimate of drug-likeness (QED) is 0.674. The average Bonchev–Trinajstić information content (AvgIpc) is 3.08. The predicted octanol–water partition coefficient (Wildman–Crippen LogP) is 1.95. The number of nitrogens with one attached hydrogen (secondary N) is 2. The summed E-state index contributed by atoms with van der Waals surface area (Å²) in [6.07, 6.45) is 4.51. The lowest BCUT2D eigenvalue weighted by Gasteiger charge is -2.22. The Morgan fingerprint density at radius 1 is 1.26 bits per heavy atom. The van der Waals surface area contributed by atoms with E-state index in [9.17, 15) is 8.42 Å². The summed E-state index contributed by atoms with van der Waals surface area (Å²) in [6.45, 7) is 1.87. The zero-order valence-corrected chi connectivity index (χ0v) is 16.1. The Kier molecular flexibility index (Phi) is 4.70. The van der Waals surface area contributed by atoms with Crippen LogP contribution in [0.5, 0.6) is 0 Å². The maximum absolute atomic E-state index is 11.7. The molecule has 0 aliphatic carbocycles. The first-order chi connectivity index (χ1) is 12.9. The molecule has 3 heterocycles. The molecule has 27 heavy (non-hydrogen) atoms. The number of nitrogens with zero attached hydrogens (tertiary/aromatic N) is 5. The molecule has 0 unspecified atom stereocenters. The van der Waals surface area contributed by atoms with Crippen molar-refractivity contribution >= 4 is 44.1 Å². The van der Waals surface area contributed by atoms with Gasteiger partial charge in [-0.3, -0.25) is 0 Å². The number of halogens is 1. The summed E-state index contributed by atoms with van der Waals surface area (Å²) in [7, 11) is -3.33. The number of piperidine rings is 1. The summed E-state index contributed by atoms with van der Waals surface area (Å²) in [5, 5.41) is 15.2. The zero-order chi connectivity index (χ0) is 19.0. The van der Waals surface area contributed by atoms with Gasteiger partial charge in [-0.2, -0.15) is 0 Å². The molecule has 1 aromatic carbocycles. The molecule has 3 aromatic rings. The van der Waals surface area contributed by atoms with E-state index in [-0.39, 0.29) is 16.0 Å². The third-order valence-electron chi connectivity index (χ3n) is 4.54. The Balaban J connectivity index is 1.68. The third-order valence-corrected chi connectivity index (χ3v) is 5.96. The molecule has 9 nitrogen and oxygen atoms in total. The number of sulfone groups is 1. The minimum atomic E-state index is -3.33. The topological polar surface area (TPSA) is 115 Å². The molecule has 1 fully saturated rings. The second-order valence-corrected chi connectivity index (χ2v) is 8.87. The molecule has 2 aromatic heterocycles. The maximum atomic E-state index is 11.7. The van der Waals surface area contributed by atoms with Gasteiger partial charge in [-0.1, -0.05) is 16.8 Å². The lowest BCUT2D eigenvalue weighted by atomic mass is 10.1. The van der Waals surface area contributed by atoms with Crippen LogP contribution in [0.2, 0.25) is 5.02 Å². The maximum Gasteiger partial charge on any atom is 0.184 e. The largest absolute Gasteiger partial charge is 0.337 e. The monoisotopic (exact) mass is 407 g/mol. The van der Waals surface area contributed by atoms with Gasteiger partial charge in [0.05, 0.1) is 21.6 Å². The van der Waals surface area contributed by atoms with Gasteiger partial charge in [0.2, 0.25) is 0 Å². The van der Waals surface area contributed by atoms with Crippen LogP contribution in [0.25, 0.3) is 11.2 Å². The summed E-state index contributed by atoms with van der Waals surface area (Å²) >= 11 is 6.24. The van der Waals surface area contributed by atoms with Crippen LogP contribution in [0.3, 0.4) is 0 Å². The fourth-order valence-electron chi connectivity index (χ4n) is 3.11. The van der Waals surface area contributed by atoms with Gasteiger partial charge in [0.25, 0.3) is 0 Å². The Hall–Kier alpha value is -2.30. The second-order valence-electron chi connectivity index (χ2n) is 6.45. The number of anilines is 2. The average molecular weight is 408 g/mol. The molecule has 2 N–H and O–H groups in total. The highest BCUT2D eigenvalue weighted by molar-refractivity contribution is 7.90. The van der Waals surface area contributed by atoms with Crippen molar-refractivity contribution in [1.82, 2.24) is 30.3 Å². The molecular formula is C16H18ClN7O2S. The summed E-state index contributed by atoms with van der Waals surface area (Å²) in [5.74, 6) is 0.467. The molecule has 0 spiro atoms. The van der Waals surface area contributed by atoms with Gasteiger partial charge >= 0.3 is 0 Å². The van der Waals surface area contributed by atoms with Gasteiger partial charge in [0.15, 0.2) is 26.8 Å². The Labute approximate surface area is 161 Å². The van der Waals surface area contributed by atoms with Crippen molar-refractivity contribution in [2.24, 2.45) is 0 Å². The van der Waals surface area contributed by atoms with Crippen LogP contribution in [0, 0.1) is 0 Å².